The number of benzene rings is 1. The molecule has 0 atom stereocenters. The molecule has 2 heterocycles. The fraction of sp³-hybridized carbons (Fsp3) is 0.364. The van der Waals surface area contributed by atoms with Gasteiger partial charge in [-0.15, -0.1) is 13.2 Å². The van der Waals surface area contributed by atoms with E-state index in [2.05, 4.69) is 20.1 Å². The number of aromatic nitrogens is 3. The number of carbonyl (C=O) groups excluding carboxylic acids is 2. The molecular weight excluding hydrogens is 482 g/mol. The molecule has 35 heavy (non-hydrogen) atoms. The van der Waals surface area contributed by atoms with Crippen molar-refractivity contribution in [3.05, 3.63) is 47.9 Å². The van der Waals surface area contributed by atoms with Gasteiger partial charge in [-0.25, -0.2) is 4.98 Å². The molecule has 7 nitrogen and oxygen atoms in total. The van der Waals surface area contributed by atoms with Crippen molar-refractivity contribution >= 4 is 28.8 Å². The average Bonchev–Trinajstić information content (AvgIpc) is 3.20. The summed E-state index contributed by atoms with van der Waals surface area (Å²) in [6.07, 6.45) is -4.75. The van der Waals surface area contributed by atoms with E-state index in [4.69, 9.17) is 0 Å². The second-order valence-corrected chi connectivity index (χ2v) is 8.13. The molecule has 1 aliphatic carbocycles. The number of aldehydes is 1. The fourth-order valence-corrected chi connectivity index (χ4v) is 3.97. The Labute approximate surface area is 194 Å². The summed E-state index contributed by atoms with van der Waals surface area (Å²) >= 11 is 0. The van der Waals surface area contributed by atoms with Crippen molar-refractivity contribution in [3.63, 3.8) is 0 Å². The van der Waals surface area contributed by atoms with E-state index in [1.54, 1.807) is 10.9 Å². The number of carbonyl (C=O) groups is 2. The van der Waals surface area contributed by atoms with Crippen LogP contribution in [0.15, 0.2) is 36.5 Å². The van der Waals surface area contributed by atoms with E-state index in [0.29, 0.717) is 37.1 Å². The van der Waals surface area contributed by atoms with Crippen LogP contribution in [0.5, 0.6) is 5.75 Å². The number of hydrogen-bond donors (Lipinski definition) is 1. The lowest BCUT2D eigenvalue weighted by molar-refractivity contribution is -0.274. The molecule has 1 N–H and O–H groups in total. The predicted molar refractivity (Wildman–Crippen MR) is 111 cm³/mol. The lowest BCUT2D eigenvalue weighted by atomic mass is 9.87. The maximum absolute atomic E-state index is 13.0. The third-order valence-corrected chi connectivity index (χ3v) is 5.68. The quantitative estimate of drug-likeness (QED) is 0.368. The van der Waals surface area contributed by atoms with Gasteiger partial charge in [-0.05, 0) is 43.9 Å². The molecule has 4 rings (SSSR count). The monoisotopic (exact) mass is 500 g/mol. The number of anilines is 1. The molecule has 0 unspecified atom stereocenters. The van der Waals surface area contributed by atoms with Crippen molar-refractivity contribution < 1.29 is 40.7 Å². The lowest BCUT2D eigenvalue weighted by Crippen LogP contribution is -2.20. The highest BCUT2D eigenvalue weighted by molar-refractivity contribution is 6.05. The number of hydrogen-bond acceptors (Lipinski definition) is 5. The second-order valence-electron chi connectivity index (χ2n) is 8.13. The second kappa shape index (κ2) is 9.19. The van der Waals surface area contributed by atoms with Crippen LogP contribution in [0.2, 0.25) is 0 Å². The number of nitrogens with zero attached hydrogens (tertiary/aromatic N) is 3. The van der Waals surface area contributed by atoms with E-state index in [9.17, 15) is 35.9 Å². The molecule has 13 heteroatoms. The first kappa shape index (κ1) is 24.5. The Kier molecular flexibility index (Phi) is 6.43. The standard InChI is InChI=1S/C22H18F6N4O3/c23-21(24,25)19-3-1-2-15(29-19)20(34)30-17-8-13-10-32(14-6-4-12(11-33)5-7-14)31-16(13)9-18(17)35-22(26,27)28/h1-3,8-12,14H,4-7H2,(H,30,34). The normalized spacial score (nSPS) is 18.9. The molecule has 0 saturated heterocycles. The number of fused-ring (bicyclic) bond motifs is 1. The summed E-state index contributed by atoms with van der Waals surface area (Å²) in [5.74, 6) is -1.96. The van der Waals surface area contributed by atoms with Crippen molar-refractivity contribution in [2.75, 3.05) is 5.32 Å². The summed E-state index contributed by atoms with van der Waals surface area (Å²) < 4.78 is 83.4. The SMILES string of the molecule is O=CC1CCC(n2cc3cc(NC(=O)c4cccc(C(F)(F)F)n4)c(OC(F)(F)F)cc3n2)CC1. The van der Waals surface area contributed by atoms with Crippen molar-refractivity contribution in [2.45, 2.75) is 44.3 Å². The minimum atomic E-state index is -5.10. The fourth-order valence-electron chi connectivity index (χ4n) is 3.97. The highest BCUT2D eigenvalue weighted by Crippen LogP contribution is 2.37. The van der Waals surface area contributed by atoms with E-state index in [0.717, 1.165) is 24.5 Å². The number of alkyl halides is 6. The zero-order chi connectivity index (χ0) is 25.4. The van der Waals surface area contributed by atoms with Gasteiger partial charge in [0.2, 0.25) is 0 Å². The lowest BCUT2D eigenvalue weighted by Gasteiger charge is -2.25. The maximum atomic E-state index is 13.0. The van der Waals surface area contributed by atoms with Gasteiger partial charge in [-0.1, -0.05) is 6.07 Å². The summed E-state index contributed by atoms with van der Waals surface area (Å²) in [5.41, 5.74) is -2.21. The van der Waals surface area contributed by atoms with Crippen LogP contribution in [0.25, 0.3) is 10.9 Å². The maximum Gasteiger partial charge on any atom is 0.573 e. The van der Waals surface area contributed by atoms with E-state index >= 15 is 0 Å². The number of rotatable bonds is 5. The zero-order valence-corrected chi connectivity index (χ0v) is 17.9. The minimum Gasteiger partial charge on any atom is -0.403 e. The number of amides is 1. The Morgan fingerprint density at radius 2 is 1.80 bits per heavy atom. The number of ether oxygens (including phenoxy) is 1. The van der Waals surface area contributed by atoms with E-state index in [1.807, 2.05) is 0 Å². The molecule has 0 spiro atoms. The third kappa shape index (κ3) is 5.72. The highest BCUT2D eigenvalue weighted by atomic mass is 19.4. The Hall–Kier alpha value is -3.64. The number of pyridine rings is 1. The first-order valence-corrected chi connectivity index (χ1v) is 10.5. The van der Waals surface area contributed by atoms with Crippen molar-refractivity contribution in [2.24, 2.45) is 5.92 Å². The smallest absolute Gasteiger partial charge is 0.403 e. The zero-order valence-electron chi connectivity index (χ0n) is 17.9. The summed E-state index contributed by atoms with van der Waals surface area (Å²) in [7, 11) is 0. The molecule has 1 aliphatic rings. The van der Waals surface area contributed by atoms with Crippen LogP contribution in [-0.4, -0.2) is 33.3 Å². The highest BCUT2D eigenvalue weighted by Gasteiger charge is 2.34. The molecule has 0 radical (unpaired) electrons. The van der Waals surface area contributed by atoms with Crippen LogP contribution in [0.4, 0.5) is 32.0 Å². The average molecular weight is 500 g/mol. The van der Waals surface area contributed by atoms with E-state index in [1.165, 1.54) is 6.07 Å². The van der Waals surface area contributed by atoms with Gasteiger partial charge in [0.05, 0.1) is 17.2 Å². The van der Waals surface area contributed by atoms with Crippen LogP contribution in [-0.2, 0) is 11.0 Å². The number of halogens is 6. The Morgan fingerprint density at radius 3 is 2.43 bits per heavy atom. The summed E-state index contributed by atoms with van der Waals surface area (Å²) in [4.78, 5) is 26.7. The molecule has 2 aromatic heterocycles. The van der Waals surface area contributed by atoms with Crippen LogP contribution in [0.3, 0.4) is 0 Å². The molecule has 1 saturated carbocycles. The minimum absolute atomic E-state index is 0.0331. The van der Waals surface area contributed by atoms with Gasteiger partial charge in [0.1, 0.15) is 17.7 Å². The van der Waals surface area contributed by atoms with Gasteiger partial charge in [0.25, 0.3) is 5.91 Å². The van der Waals surface area contributed by atoms with Gasteiger partial charge in [0, 0.05) is 23.6 Å². The van der Waals surface area contributed by atoms with Gasteiger partial charge in [-0.3, -0.25) is 9.48 Å². The van der Waals surface area contributed by atoms with Gasteiger partial charge < -0.3 is 14.8 Å². The van der Waals surface area contributed by atoms with Crippen molar-refractivity contribution in [3.8, 4) is 5.75 Å². The molecule has 186 valence electrons. The largest absolute Gasteiger partial charge is 0.573 e. The summed E-state index contributed by atoms with van der Waals surface area (Å²) in [6, 6.07) is 4.76. The summed E-state index contributed by atoms with van der Waals surface area (Å²) in [5, 5.41) is 6.86. The first-order chi connectivity index (χ1) is 16.4. The van der Waals surface area contributed by atoms with Crippen LogP contribution < -0.4 is 10.1 Å². The first-order valence-electron chi connectivity index (χ1n) is 10.5. The third-order valence-electron chi connectivity index (χ3n) is 5.68. The summed E-state index contributed by atoms with van der Waals surface area (Å²) in [6.45, 7) is 0. The molecule has 0 bridgehead atoms. The molecule has 0 aliphatic heterocycles. The molecule has 1 amide bonds. The van der Waals surface area contributed by atoms with Gasteiger partial charge in [0.15, 0.2) is 5.75 Å². The molecular formula is C22H18F6N4O3. The molecule has 1 fully saturated rings. The Balaban J connectivity index is 1.65. The van der Waals surface area contributed by atoms with Crippen LogP contribution >= 0.6 is 0 Å². The van der Waals surface area contributed by atoms with Crippen molar-refractivity contribution in [1.82, 2.24) is 14.8 Å². The van der Waals surface area contributed by atoms with E-state index < -0.39 is 41.3 Å². The molecule has 1 aromatic carbocycles. The Morgan fingerprint density at radius 1 is 1.09 bits per heavy atom. The predicted octanol–water partition coefficient (Wildman–Crippen LogP) is 5.53. The van der Waals surface area contributed by atoms with Crippen molar-refractivity contribution in [1.29, 1.82) is 0 Å². The Bertz CT molecular complexity index is 1250. The van der Waals surface area contributed by atoms with Gasteiger partial charge >= 0.3 is 12.5 Å². The van der Waals surface area contributed by atoms with Crippen LogP contribution in [0.1, 0.15) is 47.9 Å². The molecule has 3 aromatic rings. The number of nitrogens with one attached hydrogen (secondary N) is 1. The van der Waals surface area contributed by atoms with E-state index in [-0.39, 0.29) is 17.5 Å². The topological polar surface area (TPSA) is 86.1 Å². The van der Waals surface area contributed by atoms with Crippen LogP contribution in [0, 0.1) is 5.92 Å². The van der Waals surface area contributed by atoms with Gasteiger partial charge in [-0.2, -0.15) is 18.3 Å².